The van der Waals surface area contributed by atoms with Crippen LogP contribution in [0, 0.1) is 13.8 Å². The SMILES string of the molecule is Cc1n[nH]c(=O)c(C(=O)NCCN)c1C. The minimum absolute atomic E-state index is 0.107. The van der Waals surface area contributed by atoms with Gasteiger partial charge >= 0.3 is 0 Å². The Balaban J connectivity index is 3.08. The Kier molecular flexibility index (Phi) is 3.56. The highest BCUT2D eigenvalue weighted by Gasteiger charge is 2.15. The lowest BCUT2D eigenvalue weighted by atomic mass is 10.1. The first-order valence-electron chi connectivity index (χ1n) is 4.62. The molecule has 0 unspecified atom stereocenters. The number of amides is 1. The van der Waals surface area contributed by atoms with Crippen LogP contribution >= 0.6 is 0 Å². The lowest BCUT2D eigenvalue weighted by molar-refractivity contribution is 0.0952. The van der Waals surface area contributed by atoms with E-state index in [1.54, 1.807) is 13.8 Å². The van der Waals surface area contributed by atoms with Crippen molar-refractivity contribution < 1.29 is 4.79 Å². The lowest BCUT2D eigenvalue weighted by Gasteiger charge is -2.06. The van der Waals surface area contributed by atoms with Crippen molar-refractivity contribution in [3.8, 4) is 0 Å². The van der Waals surface area contributed by atoms with E-state index >= 15 is 0 Å². The molecule has 0 fully saturated rings. The first-order chi connectivity index (χ1) is 7.07. The van der Waals surface area contributed by atoms with Crippen LogP contribution in [0.3, 0.4) is 0 Å². The van der Waals surface area contributed by atoms with Crippen LogP contribution in [0.2, 0.25) is 0 Å². The highest BCUT2D eigenvalue weighted by Crippen LogP contribution is 2.04. The van der Waals surface area contributed by atoms with Gasteiger partial charge in [0.15, 0.2) is 0 Å². The van der Waals surface area contributed by atoms with Crippen molar-refractivity contribution in [1.29, 1.82) is 0 Å². The van der Waals surface area contributed by atoms with Gasteiger partial charge in [-0.1, -0.05) is 0 Å². The largest absolute Gasteiger partial charge is 0.351 e. The van der Waals surface area contributed by atoms with E-state index in [4.69, 9.17) is 5.73 Å². The highest BCUT2D eigenvalue weighted by atomic mass is 16.2. The van der Waals surface area contributed by atoms with Crippen molar-refractivity contribution in [3.63, 3.8) is 0 Å². The Bertz CT molecular complexity index is 425. The quantitative estimate of drug-likeness (QED) is 0.600. The summed E-state index contributed by atoms with van der Waals surface area (Å²) in [5, 5.41) is 8.57. The smallest absolute Gasteiger partial charge is 0.277 e. The number of H-pyrrole nitrogens is 1. The van der Waals surface area contributed by atoms with Crippen molar-refractivity contribution in [2.24, 2.45) is 5.73 Å². The van der Waals surface area contributed by atoms with Gasteiger partial charge in [0.2, 0.25) is 0 Å². The van der Waals surface area contributed by atoms with Crippen LogP contribution in [-0.2, 0) is 0 Å². The van der Waals surface area contributed by atoms with Crippen molar-refractivity contribution >= 4 is 5.91 Å². The number of nitrogens with one attached hydrogen (secondary N) is 2. The average Bonchev–Trinajstić information content (AvgIpc) is 2.21. The third-order valence-electron chi connectivity index (χ3n) is 2.13. The maximum atomic E-state index is 11.6. The normalized spacial score (nSPS) is 10.1. The first-order valence-corrected chi connectivity index (χ1v) is 4.62. The summed E-state index contributed by atoms with van der Waals surface area (Å²) in [7, 11) is 0. The highest BCUT2D eigenvalue weighted by molar-refractivity contribution is 5.95. The Hall–Kier alpha value is -1.69. The molecule has 1 rings (SSSR count). The van der Waals surface area contributed by atoms with E-state index in [-0.39, 0.29) is 5.56 Å². The molecule has 1 aromatic heterocycles. The predicted octanol–water partition coefficient (Wildman–Crippen LogP) is -0.925. The molecule has 0 saturated carbocycles. The molecule has 0 aliphatic heterocycles. The van der Waals surface area contributed by atoms with E-state index in [0.29, 0.717) is 24.3 Å². The van der Waals surface area contributed by atoms with Crippen LogP contribution < -0.4 is 16.6 Å². The number of carbonyl (C=O) groups is 1. The molecule has 1 aromatic rings. The summed E-state index contributed by atoms with van der Waals surface area (Å²) in [6.45, 7) is 4.10. The Morgan fingerprint density at radius 2 is 2.20 bits per heavy atom. The summed E-state index contributed by atoms with van der Waals surface area (Å²) in [5.41, 5.74) is 6.10. The molecule has 0 aromatic carbocycles. The number of aryl methyl sites for hydroxylation is 1. The van der Waals surface area contributed by atoms with Gasteiger partial charge in [-0.15, -0.1) is 0 Å². The molecular formula is C9H14N4O2. The fourth-order valence-electron chi connectivity index (χ4n) is 1.17. The molecule has 6 heteroatoms. The van der Waals surface area contributed by atoms with Gasteiger partial charge in [0, 0.05) is 13.1 Å². The summed E-state index contributed by atoms with van der Waals surface area (Å²) < 4.78 is 0. The van der Waals surface area contributed by atoms with Crippen LogP contribution in [0.5, 0.6) is 0 Å². The van der Waals surface area contributed by atoms with Crippen LogP contribution in [-0.4, -0.2) is 29.2 Å². The van der Waals surface area contributed by atoms with Crippen LogP contribution in [0.15, 0.2) is 4.79 Å². The van der Waals surface area contributed by atoms with Crippen LogP contribution in [0.25, 0.3) is 0 Å². The molecule has 0 atom stereocenters. The van der Waals surface area contributed by atoms with Crippen LogP contribution in [0.1, 0.15) is 21.6 Å². The van der Waals surface area contributed by atoms with E-state index in [0.717, 1.165) is 0 Å². The van der Waals surface area contributed by atoms with E-state index in [1.807, 2.05) is 0 Å². The van der Waals surface area contributed by atoms with E-state index in [2.05, 4.69) is 15.5 Å². The maximum Gasteiger partial charge on any atom is 0.277 e. The molecule has 82 valence electrons. The van der Waals surface area contributed by atoms with Crippen molar-refractivity contribution in [2.45, 2.75) is 13.8 Å². The number of hydrogen-bond acceptors (Lipinski definition) is 4. The number of nitrogens with zero attached hydrogens (tertiary/aromatic N) is 1. The molecule has 0 spiro atoms. The Morgan fingerprint density at radius 3 is 2.80 bits per heavy atom. The number of hydrogen-bond donors (Lipinski definition) is 3. The van der Waals surface area contributed by atoms with Crippen molar-refractivity contribution in [3.05, 3.63) is 27.2 Å². The van der Waals surface area contributed by atoms with Gasteiger partial charge in [0.05, 0.1) is 5.69 Å². The number of aromatic nitrogens is 2. The number of nitrogens with two attached hydrogens (primary N) is 1. The molecule has 0 radical (unpaired) electrons. The number of carbonyl (C=O) groups excluding carboxylic acids is 1. The topological polar surface area (TPSA) is 101 Å². The second-order valence-electron chi connectivity index (χ2n) is 3.18. The summed E-state index contributed by atoms with van der Waals surface area (Å²) in [6, 6.07) is 0. The van der Waals surface area contributed by atoms with E-state index < -0.39 is 11.5 Å². The average molecular weight is 210 g/mol. The fraction of sp³-hybridized carbons (Fsp3) is 0.444. The Morgan fingerprint density at radius 1 is 1.53 bits per heavy atom. The molecule has 0 saturated heterocycles. The zero-order valence-corrected chi connectivity index (χ0v) is 8.76. The molecule has 0 aliphatic carbocycles. The maximum absolute atomic E-state index is 11.6. The molecule has 1 amide bonds. The minimum Gasteiger partial charge on any atom is -0.351 e. The zero-order chi connectivity index (χ0) is 11.4. The third kappa shape index (κ3) is 2.41. The molecule has 6 nitrogen and oxygen atoms in total. The number of rotatable bonds is 3. The summed E-state index contributed by atoms with van der Waals surface area (Å²) >= 11 is 0. The van der Waals surface area contributed by atoms with Gasteiger partial charge in [-0.25, -0.2) is 5.10 Å². The molecule has 0 aliphatic rings. The van der Waals surface area contributed by atoms with Crippen molar-refractivity contribution in [1.82, 2.24) is 15.5 Å². The van der Waals surface area contributed by atoms with E-state index in [9.17, 15) is 9.59 Å². The summed E-state index contributed by atoms with van der Waals surface area (Å²) in [4.78, 5) is 23.0. The van der Waals surface area contributed by atoms with Gasteiger partial charge in [0.1, 0.15) is 5.56 Å². The van der Waals surface area contributed by atoms with Gasteiger partial charge in [-0.05, 0) is 19.4 Å². The van der Waals surface area contributed by atoms with Gasteiger partial charge < -0.3 is 11.1 Å². The van der Waals surface area contributed by atoms with Gasteiger partial charge in [0.25, 0.3) is 11.5 Å². The van der Waals surface area contributed by atoms with Gasteiger partial charge in [-0.3, -0.25) is 9.59 Å². The first kappa shape index (κ1) is 11.4. The molecule has 0 bridgehead atoms. The summed E-state index contributed by atoms with van der Waals surface area (Å²) in [5.74, 6) is -0.412. The fourth-order valence-corrected chi connectivity index (χ4v) is 1.17. The Labute approximate surface area is 86.9 Å². The third-order valence-corrected chi connectivity index (χ3v) is 2.13. The van der Waals surface area contributed by atoms with Crippen LogP contribution in [0.4, 0.5) is 0 Å². The van der Waals surface area contributed by atoms with Crippen molar-refractivity contribution in [2.75, 3.05) is 13.1 Å². The molecular weight excluding hydrogens is 196 g/mol. The molecule has 15 heavy (non-hydrogen) atoms. The lowest BCUT2D eigenvalue weighted by Crippen LogP contribution is -2.34. The number of aromatic amines is 1. The van der Waals surface area contributed by atoms with Gasteiger partial charge in [-0.2, -0.15) is 5.10 Å². The minimum atomic E-state index is -0.479. The predicted molar refractivity (Wildman–Crippen MR) is 55.7 cm³/mol. The van der Waals surface area contributed by atoms with E-state index in [1.165, 1.54) is 0 Å². The zero-order valence-electron chi connectivity index (χ0n) is 8.76. The molecule has 4 N–H and O–H groups in total. The standard InChI is InChI=1S/C9H14N4O2/c1-5-6(2)12-13-9(15)7(5)8(14)11-4-3-10/h3-4,10H2,1-2H3,(H,11,14)(H,13,15). The summed E-state index contributed by atoms with van der Waals surface area (Å²) in [6.07, 6.45) is 0. The second kappa shape index (κ2) is 4.70. The second-order valence-corrected chi connectivity index (χ2v) is 3.18. The molecule has 1 heterocycles. The monoisotopic (exact) mass is 210 g/mol.